The molecule has 0 fully saturated rings. The Kier molecular flexibility index (Phi) is 7.00. The summed E-state index contributed by atoms with van der Waals surface area (Å²) in [7, 11) is 0. The molecule has 12 rings (SSSR count). The molecule has 0 amide bonds. The van der Waals surface area contributed by atoms with Crippen molar-refractivity contribution in [1.29, 1.82) is 0 Å². The number of para-hydroxylation sites is 3. The zero-order chi connectivity index (χ0) is 36.7. The number of nitrogens with zero attached hydrogens (tertiary/aromatic N) is 2. The summed E-state index contributed by atoms with van der Waals surface area (Å²) in [6.45, 7) is 0. The van der Waals surface area contributed by atoms with Gasteiger partial charge in [-0.3, -0.25) is 0 Å². The molecule has 12 aromatic rings. The molecule has 0 atom stereocenters. The van der Waals surface area contributed by atoms with E-state index in [0.29, 0.717) is 0 Å². The maximum absolute atomic E-state index is 2.40. The van der Waals surface area contributed by atoms with Crippen LogP contribution in [0.4, 0.5) is 17.1 Å². The van der Waals surface area contributed by atoms with Crippen molar-refractivity contribution in [3.63, 3.8) is 0 Å². The third kappa shape index (κ3) is 4.93. The zero-order valence-electron chi connectivity index (χ0n) is 30.2. The molecule has 0 radical (unpaired) electrons. The summed E-state index contributed by atoms with van der Waals surface area (Å²) in [6.07, 6.45) is 0. The third-order valence-corrected chi connectivity index (χ3v) is 13.6. The van der Waals surface area contributed by atoms with Gasteiger partial charge in [-0.2, -0.15) is 0 Å². The Bertz CT molecular complexity index is 3460. The smallest absolute Gasteiger partial charge is 0.0542 e. The quantitative estimate of drug-likeness (QED) is 0.170. The minimum absolute atomic E-state index is 1.12. The van der Waals surface area contributed by atoms with Crippen LogP contribution in [0.25, 0.3) is 89.7 Å². The van der Waals surface area contributed by atoms with Crippen LogP contribution in [-0.4, -0.2) is 4.57 Å². The molecule has 4 heteroatoms. The molecule has 0 N–H and O–H groups in total. The van der Waals surface area contributed by atoms with Crippen LogP contribution in [0.1, 0.15) is 0 Å². The van der Waals surface area contributed by atoms with Crippen LogP contribution < -0.4 is 4.90 Å². The Hall–Kier alpha value is -6.72. The van der Waals surface area contributed by atoms with Gasteiger partial charge in [0.1, 0.15) is 0 Å². The third-order valence-electron chi connectivity index (χ3n) is 11.3. The molecule has 3 aromatic heterocycles. The molecule has 262 valence electrons. The van der Waals surface area contributed by atoms with E-state index in [-0.39, 0.29) is 0 Å². The predicted octanol–water partition coefficient (Wildman–Crippen LogP) is 15.8. The average molecular weight is 749 g/mol. The van der Waals surface area contributed by atoms with E-state index in [1.165, 1.54) is 84.0 Å². The second-order valence-corrected chi connectivity index (χ2v) is 16.7. The van der Waals surface area contributed by atoms with Gasteiger partial charge < -0.3 is 9.47 Å². The van der Waals surface area contributed by atoms with Gasteiger partial charge in [0.05, 0.1) is 11.0 Å². The summed E-state index contributed by atoms with van der Waals surface area (Å²) in [5.74, 6) is 0. The van der Waals surface area contributed by atoms with Gasteiger partial charge in [-0.25, -0.2) is 0 Å². The summed E-state index contributed by atoms with van der Waals surface area (Å²) >= 11 is 3.78. The molecule has 56 heavy (non-hydrogen) atoms. The van der Waals surface area contributed by atoms with E-state index in [0.717, 1.165) is 22.7 Å². The monoisotopic (exact) mass is 748 g/mol. The van der Waals surface area contributed by atoms with Crippen molar-refractivity contribution in [2.45, 2.75) is 0 Å². The number of hydrogen-bond acceptors (Lipinski definition) is 3. The number of anilines is 3. The molecule has 3 heterocycles. The minimum Gasteiger partial charge on any atom is -0.310 e. The van der Waals surface area contributed by atoms with Crippen LogP contribution in [0, 0.1) is 0 Å². The summed E-state index contributed by atoms with van der Waals surface area (Å²) in [4.78, 5) is 2.37. The van der Waals surface area contributed by atoms with E-state index in [2.05, 4.69) is 204 Å². The highest BCUT2D eigenvalue weighted by molar-refractivity contribution is 7.26. The second kappa shape index (κ2) is 12.4. The molecule has 0 saturated carbocycles. The van der Waals surface area contributed by atoms with Crippen LogP contribution in [0.3, 0.4) is 0 Å². The van der Waals surface area contributed by atoms with Gasteiger partial charge in [0.25, 0.3) is 0 Å². The highest BCUT2D eigenvalue weighted by atomic mass is 32.1. The van der Waals surface area contributed by atoms with Crippen LogP contribution in [0.5, 0.6) is 0 Å². The van der Waals surface area contributed by atoms with E-state index in [4.69, 9.17) is 0 Å². The Balaban J connectivity index is 0.933. The van der Waals surface area contributed by atoms with E-state index in [1.54, 1.807) is 0 Å². The van der Waals surface area contributed by atoms with Crippen LogP contribution in [-0.2, 0) is 0 Å². The number of thiophene rings is 2. The lowest BCUT2D eigenvalue weighted by Gasteiger charge is -2.26. The average Bonchev–Trinajstić information content (AvgIpc) is 3.91. The highest BCUT2D eigenvalue weighted by Crippen LogP contribution is 2.43. The Labute approximate surface area is 331 Å². The van der Waals surface area contributed by atoms with Crippen molar-refractivity contribution in [3.8, 4) is 16.8 Å². The molecular formula is C52H32N2S2. The molecule has 0 aliphatic carbocycles. The molecule has 0 aliphatic rings. The fourth-order valence-electron chi connectivity index (χ4n) is 8.70. The predicted molar refractivity (Wildman–Crippen MR) is 244 cm³/mol. The Morgan fingerprint density at radius 1 is 0.321 bits per heavy atom. The van der Waals surface area contributed by atoms with Crippen molar-refractivity contribution in [3.05, 3.63) is 194 Å². The number of aromatic nitrogens is 1. The first-order chi connectivity index (χ1) is 27.7. The van der Waals surface area contributed by atoms with Crippen molar-refractivity contribution in [2.24, 2.45) is 0 Å². The van der Waals surface area contributed by atoms with Crippen LogP contribution in [0.15, 0.2) is 194 Å². The second-order valence-electron chi connectivity index (χ2n) is 14.6. The topological polar surface area (TPSA) is 8.17 Å². The SMILES string of the molecule is c1ccc(N(c2ccc(-c3ccc4c(c3)sc3cc5cc6c(cc5cc34)sc3ccccc36)cc2)c2ccc3c(c2)c2ccccc2n3-c2ccccc2)cc1. The van der Waals surface area contributed by atoms with Gasteiger partial charge in [0.2, 0.25) is 0 Å². The number of benzene rings is 9. The van der Waals surface area contributed by atoms with Gasteiger partial charge in [0.15, 0.2) is 0 Å². The summed E-state index contributed by atoms with van der Waals surface area (Å²) in [6, 6.07) is 71.3. The van der Waals surface area contributed by atoms with Crippen LogP contribution in [0.2, 0.25) is 0 Å². The van der Waals surface area contributed by atoms with Gasteiger partial charge in [-0.1, -0.05) is 97.1 Å². The molecule has 0 aliphatic heterocycles. The summed E-state index contributed by atoms with van der Waals surface area (Å²) in [5.41, 5.74) is 9.37. The first kappa shape index (κ1) is 31.6. The van der Waals surface area contributed by atoms with Crippen LogP contribution >= 0.6 is 22.7 Å². The Morgan fingerprint density at radius 2 is 0.875 bits per heavy atom. The van der Waals surface area contributed by atoms with Gasteiger partial charge in [-0.15, -0.1) is 22.7 Å². The lowest BCUT2D eigenvalue weighted by atomic mass is 10.0. The first-order valence-corrected chi connectivity index (χ1v) is 20.6. The molecule has 0 unspecified atom stereocenters. The molecule has 0 spiro atoms. The molecular weight excluding hydrogens is 717 g/mol. The Morgan fingerprint density at radius 3 is 1.64 bits per heavy atom. The van der Waals surface area contributed by atoms with E-state index in [1.807, 2.05) is 22.7 Å². The van der Waals surface area contributed by atoms with Crippen molar-refractivity contribution >= 4 is 113 Å². The molecule has 0 bridgehead atoms. The molecule has 9 aromatic carbocycles. The maximum Gasteiger partial charge on any atom is 0.0542 e. The fraction of sp³-hybridized carbons (Fsp3) is 0. The van der Waals surface area contributed by atoms with Crippen molar-refractivity contribution < 1.29 is 0 Å². The number of fused-ring (bicyclic) bond motifs is 10. The summed E-state index contributed by atoms with van der Waals surface area (Å²) < 4.78 is 7.73. The number of hydrogen-bond donors (Lipinski definition) is 0. The normalized spacial score (nSPS) is 11.9. The van der Waals surface area contributed by atoms with Gasteiger partial charge in [-0.05, 0) is 119 Å². The van der Waals surface area contributed by atoms with E-state index < -0.39 is 0 Å². The number of rotatable bonds is 5. The van der Waals surface area contributed by atoms with Gasteiger partial charge >= 0.3 is 0 Å². The zero-order valence-corrected chi connectivity index (χ0v) is 31.8. The summed E-state index contributed by atoms with van der Waals surface area (Å²) in [5, 5.41) is 10.4. The minimum atomic E-state index is 1.12. The fourth-order valence-corrected chi connectivity index (χ4v) is 11.0. The lowest BCUT2D eigenvalue weighted by molar-refractivity contribution is 1.18. The molecule has 0 saturated heterocycles. The van der Waals surface area contributed by atoms with Crippen molar-refractivity contribution in [1.82, 2.24) is 4.57 Å². The first-order valence-electron chi connectivity index (χ1n) is 19.0. The van der Waals surface area contributed by atoms with Gasteiger partial charge in [0, 0.05) is 73.9 Å². The van der Waals surface area contributed by atoms with E-state index in [9.17, 15) is 0 Å². The molecule has 2 nitrogen and oxygen atoms in total. The largest absolute Gasteiger partial charge is 0.310 e. The highest BCUT2D eigenvalue weighted by Gasteiger charge is 2.18. The van der Waals surface area contributed by atoms with Crippen molar-refractivity contribution in [2.75, 3.05) is 4.90 Å². The maximum atomic E-state index is 2.40. The standard InChI is InChI=1S/C52H32N2S2/c1-3-11-37(12-4-1)53(40-24-26-48-44(32-40)41-15-7-9-17-47(41)54(48)38-13-5-2-6-14-38)39-22-19-33(20-23-39)34-21-25-43-46-28-36-30-51-45(42-16-8-10-18-49(42)55-51)27-35(36)31-52(46)56-50(43)29-34/h1-32H. The lowest BCUT2D eigenvalue weighted by Crippen LogP contribution is -2.09. The van der Waals surface area contributed by atoms with E-state index >= 15 is 0 Å².